The van der Waals surface area contributed by atoms with E-state index >= 15 is 0 Å². The second kappa shape index (κ2) is 8.39. The molecular formula is C17H28N6O3S. The van der Waals surface area contributed by atoms with Crippen molar-refractivity contribution in [3.63, 3.8) is 0 Å². The van der Waals surface area contributed by atoms with Crippen LogP contribution in [0.3, 0.4) is 0 Å². The van der Waals surface area contributed by atoms with Gasteiger partial charge in [-0.1, -0.05) is 12.8 Å². The Morgan fingerprint density at radius 1 is 1.15 bits per heavy atom. The monoisotopic (exact) mass is 396 g/mol. The number of sulfonamides is 1. The molecule has 150 valence electrons. The van der Waals surface area contributed by atoms with E-state index in [1.807, 2.05) is 14.1 Å². The third kappa shape index (κ3) is 5.07. The molecule has 2 amide bonds. The quantitative estimate of drug-likeness (QED) is 0.779. The van der Waals surface area contributed by atoms with Crippen LogP contribution in [0, 0.1) is 0 Å². The maximum Gasteiger partial charge on any atom is 0.321 e. The first-order valence-corrected chi connectivity index (χ1v) is 11.0. The molecule has 9 nitrogen and oxygen atoms in total. The van der Waals surface area contributed by atoms with E-state index in [2.05, 4.69) is 20.0 Å². The predicted molar refractivity (Wildman–Crippen MR) is 104 cm³/mol. The lowest BCUT2D eigenvalue weighted by Crippen LogP contribution is -2.50. The predicted octanol–water partition coefficient (Wildman–Crippen LogP) is 1.40. The Morgan fingerprint density at radius 3 is 2.44 bits per heavy atom. The molecule has 1 atom stereocenters. The van der Waals surface area contributed by atoms with Gasteiger partial charge in [-0.15, -0.1) is 0 Å². The summed E-state index contributed by atoms with van der Waals surface area (Å²) < 4.78 is 28.2. The molecule has 1 aromatic rings. The van der Waals surface area contributed by atoms with Gasteiger partial charge in [0.1, 0.15) is 0 Å². The fraction of sp³-hybridized carbons (Fsp3) is 0.706. The number of carbonyl (C=O) groups excluding carboxylic acids is 1. The number of amides is 2. The molecule has 0 spiro atoms. The number of aromatic nitrogens is 2. The van der Waals surface area contributed by atoms with Gasteiger partial charge in [0.15, 0.2) is 0 Å². The number of rotatable bonds is 5. The van der Waals surface area contributed by atoms with Crippen LogP contribution in [0.5, 0.6) is 0 Å². The van der Waals surface area contributed by atoms with Crippen LogP contribution in [0.4, 0.5) is 16.4 Å². The van der Waals surface area contributed by atoms with E-state index < -0.39 is 15.3 Å². The third-order valence-corrected chi connectivity index (χ3v) is 7.00. The Morgan fingerprint density at radius 2 is 1.81 bits per heavy atom. The van der Waals surface area contributed by atoms with Crippen molar-refractivity contribution in [3.05, 3.63) is 12.4 Å². The molecule has 1 aliphatic carbocycles. The van der Waals surface area contributed by atoms with Gasteiger partial charge >= 0.3 is 6.03 Å². The van der Waals surface area contributed by atoms with Crippen molar-refractivity contribution >= 4 is 27.7 Å². The minimum Gasteiger partial charge on any atom is -0.347 e. The molecule has 1 aliphatic heterocycles. The molecule has 10 heteroatoms. The molecule has 3 rings (SSSR count). The molecule has 2 heterocycles. The zero-order chi connectivity index (χ0) is 19.4. The van der Waals surface area contributed by atoms with Gasteiger partial charge in [-0.2, -0.15) is 0 Å². The third-order valence-electron chi connectivity index (χ3n) is 5.08. The molecule has 2 aliphatic rings. The summed E-state index contributed by atoms with van der Waals surface area (Å²) in [5.41, 5.74) is 0.486. The van der Waals surface area contributed by atoms with Crippen LogP contribution in [0.2, 0.25) is 0 Å². The van der Waals surface area contributed by atoms with Crippen molar-refractivity contribution in [1.82, 2.24) is 19.6 Å². The number of carbonyl (C=O) groups is 1. The van der Waals surface area contributed by atoms with Crippen molar-refractivity contribution in [2.24, 2.45) is 0 Å². The first-order valence-electron chi connectivity index (χ1n) is 9.41. The molecular weight excluding hydrogens is 368 g/mol. The number of urea groups is 1. The zero-order valence-electron chi connectivity index (χ0n) is 15.9. The fourth-order valence-corrected chi connectivity index (χ4v) is 5.31. The highest BCUT2D eigenvalue weighted by Gasteiger charge is 2.34. The number of anilines is 2. The minimum absolute atomic E-state index is 0.0477. The van der Waals surface area contributed by atoms with Gasteiger partial charge in [0, 0.05) is 33.2 Å². The summed E-state index contributed by atoms with van der Waals surface area (Å²) in [6.45, 7) is 0.739. The number of hydrogen-bond donors (Lipinski definition) is 2. The van der Waals surface area contributed by atoms with Crippen LogP contribution in [0.15, 0.2) is 12.4 Å². The van der Waals surface area contributed by atoms with Gasteiger partial charge in [-0.05, 0) is 25.7 Å². The van der Waals surface area contributed by atoms with E-state index in [4.69, 9.17) is 0 Å². The number of nitrogens with zero attached hydrogens (tertiary/aromatic N) is 4. The van der Waals surface area contributed by atoms with Gasteiger partial charge in [-0.25, -0.2) is 27.9 Å². The normalized spacial score (nSPS) is 21.3. The molecule has 2 fully saturated rings. The molecule has 0 aromatic carbocycles. The van der Waals surface area contributed by atoms with Crippen LogP contribution in [0.1, 0.15) is 38.5 Å². The lowest BCUT2D eigenvalue weighted by atomic mass is 10.1. The van der Waals surface area contributed by atoms with Crippen molar-refractivity contribution in [3.8, 4) is 0 Å². The van der Waals surface area contributed by atoms with E-state index in [0.29, 0.717) is 31.0 Å². The van der Waals surface area contributed by atoms with Gasteiger partial charge in [0.25, 0.3) is 0 Å². The number of piperidine rings is 1. The number of nitrogens with one attached hydrogen (secondary N) is 2. The number of hydrogen-bond acceptors (Lipinski definition) is 6. The Kier molecular flexibility index (Phi) is 6.15. The van der Waals surface area contributed by atoms with Gasteiger partial charge in [-0.3, -0.25) is 0 Å². The highest BCUT2D eigenvalue weighted by atomic mass is 32.2. The molecule has 2 N–H and O–H groups in total. The Bertz CT molecular complexity index is 746. The van der Waals surface area contributed by atoms with Crippen molar-refractivity contribution < 1.29 is 13.2 Å². The maximum absolute atomic E-state index is 12.7. The second-order valence-corrected chi connectivity index (χ2v) is 9.44. The molecule has 27 heavy (non-hydrogen) atoms. The average molecular weight is 397 g/mol. The SMILES string of the molecule is CN(C)c1ncc(NC(=O)N2CCC[C@@H](S(=O)(=O)NC3CCCC3)C2)cn1. The van der Waals surface area contributed by atoms with Crippen molar-refractivity contribution in [2.75, 3.05) is 37.4 Å². The van der Waals surface area contributed by atoms with Crippen LogP contribution in [-0.2, 0) is 10.0 Å². The van der Waals surface area contributed by atoms with Crippen molar-refractivity contribution in [2.45, 2.75) is 49.8 Å². The average Bonchev–Trinajstić information content (AvgIpc) is 3.14. The molecule has 1 aromatic heterocycles. The van der Waals surface area contributed by atoms with Gasteiger partial charge in [0.2, 0.25) is 16.0 Å². The first kappa shape index (κ1) is 19.8. The summed E-state index contributed by atoms with van der Waals surface area (Å²) in [7, 11) is 0.247. The molecule has 0 radical (unpaired) electrons. The second-order valence-electron chi connectivity index (χ2n) is 7.45. The Labute approximate surface area is 160 Å². The largest absolute Gasteiger partial charge is 0.347 e. The zero-order valence-corrected chi connectivity index (χ0v) is 16.7. The van der Waals surface area contributed by atoms with E-state index in [1.165, 1.54) is 0 Å². The minimum atomic E-state index is -3.42. The lowest BCUT2D eigenvalue weighted by Gasteiger charge is -2.33. The van der Waals surface area contributed by atoms with Crippen LogP contribution in [-0.4, -0.2) is 67.8 Å². The highest BCUT2D eigenvalue weighted by Crippen LogP contribution is 2.22. The molecule has 0 unspecified atom stereocenters. The highest BCUT2D eigenvalue weighted by molar-refractivity contribution is 7.90. The topological polar surface area (TPSA) is 108 Å². The van der Waals surface area contributed by atoms with Crippen LogP contribution >= 0.6 is 0 Å². The standard InChI is InChI=1S/C17H28N6O3S/c1-22(2)16-18-10-14(11-19-16)20-17(24)23-9-5-8-15(12-23)27(25,26)21-13-6-3-4-7-13/h10-11,13,15,21H,3-9,12H2,1-2H3,(H,20,24)/t15-/m1/s1. The molecule has 1 saturated carbocycles. The summed E-state index contributed by atoms with van der Waals surface area (Å²) in [4.78, 5) is 24.2. The Hall–Kier alpha value is -1.94. The van der Waals surface area contributed by atoms with Crippen molar-refractivity contribution in [1.29, 1.82) is 0 Å². The van der Waals surface area contributed by atoms with E-state index in [0.717, 1.165) is 25.7 Å². The smallest absolute Gasteiger partial charge is 0.321 e. The fourth-order valence-electron chi connectivity index (χ4n) is 3.57. The van der Waals surface area contributed by atoms with Gasteiger partial charge < -0.3 is 15.1 Å². The molecule has 1 saturated heterocycles. The summed E-state index contributed by atoms with van der Waals surface area (Å²) in [5.74, 6) is 0.551. The van der Waals surface area contributed by atoms with Crippen LogP contribution in [0.25, 0.3) is 0 Å². The first-order chi connectivity index (χ1) is 12.8. The van der Waals surface area contributed by atoms with Gasteiger partial charge in [0.05, 0.1) is 23.3 Å². The summed E-state index contributed by atoms with van der Waals surface area (Å²) in [6.07, 6.45) is 8.27. The molecule has 0 bridgehead atoms. The summed E-state index contributed by atoms with van der Waals surface area (Å²) in [5, 5.41) is 2.19. The van der Waals surface area contributed by atoms with E-state index in [9.17, 15) is 13.2 Å². The summed E-state index contributed by atoms with van der Waals surface area (Å²) >= 11 is 0. The Balaban J connectivity index is 1.58. The van der Waals surface area contributed by atoms with E-state index in [1.54, 1.807) is 22.2 Å². The van der Waals surface area contributed by atoms with E-state index in [-0.39, 0.29) is 18.6 Å². The summed E-state index contributed by atoms with van der Waals surface area (Å²) in [6, 6.07) is -0.275. The number of likely N-dealkylation sites (tertiary alicyclic amines) is 1. The lowest BCUT2D eigenvalue weighted by molar-refractivity contribution is 0.200. The van der Waals surface area contributed by atoms with Crippen LogP contribution < -0.4 is 14.9 Å². The maximum atomic E-state index is 12.7.